The molecule has 0 aliphatic heterocycles. The van der Waals surface area contributed by atoms with Gasteiger partial charge in [0.25, 0.3) is 0 Å². The standard InChI is InChI=1S/C17H28ClNO/c1-6-8-9-19(7-2)12-16(18)17-13(3)10-15(20-5)11-14(17)4/h10-11,16H,6-9,12H2,1-5H3. The third kappa shape index (κ3) is 4.68. The SMILES string of the molecule is CCCCN(CC)CC(Cl)c1c(C)cc(OC)cc1C. The number of ether oxygens (including phenoxy) is 1. The molecule has 0 aliphatic carbocycles. The van der Waals surface area contributed by atoms with Crippen LogP contribution >= 0.6 is 11.6 Å². The Morgan fingerprint density at radius 2 is 1.80 bits per heavy atom. The average molecular weight is 298 g/mol. The van der Waals surface area contributed by atoms with Gasteiger partial charge >= 0.3 is 0 Å². The summed E-state index contributed by atoms with van der Waals surface area (Å²) in [7, 11) is 1.70. The van der Waals surface area contributed by atoms with Crippen molar-refractivity contribution in [3.8, 4) is 5.75 Å². The number of nitrogens with zero attached hydrogens (tertiary/aromatic N) is 1. The van der Waals surface area contributed by atoms with E-state index >= 15 is 0 Å². The van der Waals surface area contributed by atoms with Crippen LogP contribution in [0.15, 0.2) is 12.1 Å². The molecule has 0 spiro atoms. The predicted octanol–water partition coefficient (Wildman–Crippen LogP) is 4.71. The number of methoxy groups -OCH3 is 1. The Labute approximate surface area is 129 Å². The fourth-order valence-corrected chi connectivity index (χ4v) is 3.16. The number of unbranched alkanes of at least 4 members (excludes halogenated alkanes) is 1. The summed E-state index contributed by atoms with van der Waals surface area (Å²) in [4.78, 5) is 2.43. The fourth-order valence-electron chi connectivity index (χ4n) is 2.63. The number of hydrogen-bond donors (Lipinski definition) is 0. The number of alkyl halides is 1. The Hall–Kier alpha value is -0.730. The van der Waals surface area contributed by atoms with Crippen molar-refractivity contribution < 1.29 is 4.74 Å². The first-order chi connectivity index (χ1) is 9.53. The Morgan fingerprint density at radius 3 is 2.25 bits per heavy atom. The van der Waals surface area contributed by atoms with Crippen molar-refractivity contribution in [2.75, 3.05) is 26.7 Å². The molecular weight excluding hydrogens is 270 g/mol. The van der Waals surface area contributed by atoms with Crippen LogP contribution in [0.25, 0.3) is 0 Å². The van der Waals surface area contributed by atoms with Gasteiger partial charge in [-0.3, -0.25) is 0 Å². The summed E-state index contributed by atoms with van der Waals surface area (Å²) in [5.74, 6) is 0.908. The zero-order valence-corrected chi connectivity index (χ0v) is 14.3. The molecular formula is C17H28ClNO. The fraction of sp³-hybridized carbons (Fsp3) is 0.647. The summed E-state index contributed by atoms with van der Waals surface area (Å²) in [5.41, 5.74) is 3.68. The van der Waals surface area contributed by atoms with E-state index in [0.717, 1.165) is 25.4 Å². The molecule has 0 amide bonds. The number of aryl methyl sites for hydroxylation is 2. The second-order valence-electron chi connectivity index (χ2n) is 5.39. The van der Waals surface area contributed by atoms with Gasteiger partial charge in [0.15, 0.2) is 0 Å². The van der Waals surface area contributed by atoms with E-state index in [-0.39, 0.29) is 5.38 Å². The van der Waals surface area contributed by atoms with Crippen molar-refractivity contribution in [3.05, 3.63) is 28.8 Å². The van der Waals surface area contributed by atoms with Gasteiger partial charge in [0.2, 0.25) is 0 Å². The first kappa shape index (κ1) is 17.3. The van der Waals surface area contributed by atoms with Gasteiger partial charge in [-0.15, -0.1) is 11.6 Å². The van der Waals surface area contributed by atoms with Gasteiger partial charge < -0.3 is 9.64 Å². The maximum Gasteiger partial charge on any atom is 0.119 e. The van der Waals surface area contributed by atoms with Gasteiger partial charge in [-0.2, -0.15) is 0 Å². The lowest BCUT2D eigenvalue weighted by atomic mass is 9.98. The van der Waals surface area contributed by atoms with Crippen molar-refractivity contribution in [2.24, 2.45) is 0 Å². The molecule has 114 valence electrons. The molecule has 0 aliphatic rings. The number of benzene rings is 1. The summed E-state index contributed by atoms with van der Waals surface area (Å²) in [6.07, 6.45) is 2.46. The Kier molecular flexibility index (Phi) is 7.39. The van der Waals surface area contributed by atoms with E-state index in [1.165, 1.54) is 29.5 Å². The molecule has 0 heterocycles. The number of likely N-dealkylation sites (N-methyl/N-ethyl adjacent to an activating group) is 1. The summed E-state index contributed by atoms with van der Waals surface area (Å²) in [6.45, 7) is 11.7. The smallest absolute Gasteiger partial charge is 0.119 e. The highest BCUT2D eigenvalue weighted by Crippen LogP contribution is 2.31. The molecule has 2 nitrogen and oxygen atoms in total. The van der Waals surface area contributed by atoms with E-state index in [0.29, 0.717) is 0 Å². The molecule has 0 N–H and O–H groups in total. The van der Waals surface area contributed by atoms with Crippen LogP contribution in [0.1, 0.15) is 48.8 Å². The van der Waals surface area contributed by atoms with Crippen molar-refractivity contribution >= 4 is 11.6 Å². The maximum absolute atomic E-state index is 6.68. The minimum absolute atomic E-state index is 0.0395. The average Bonchev–Trinajstić information content (AvgIpc) is 2.42. The molecule has 1 atom stereocenters. The summed E-state index contributed by atoms with van der Waals surface area (Å²) in [5, 5.41) is 0.0395. The zero-order chi connectivity index (χ0) is 15.1. The zero-order valence-electron chi connectivity index (χ0n) is 13.5. The van der Waals surface area contributed by atoms with Crippen LogP contribution in [0, 0.1) is 13.8 Å². The molecule has 0 radical (unpaired) electrons. The first-order valence-electron chi connectivity index (χ1n) is 7.55. The predicted molar refractivity (Wildman–Crippen MR) is 88.1 cm³/mol. The monoisotopic (exact) mass is 297 g/mol. The maximum atomic E-state index is 6.68. The molecule has 0 saturated heterocycles. The van der Waals surface area contributed by atoms with Crippen LogP contribution in [-0.4, -0.2) is 31.6 Å². The van der Waals surface area contributed by atoms with Gasteiger partial charge in [0, 0.05) is 6.54 Å². The molecule has 0 fully saturated rings. The second-order valence-corrected chi connectivity index (χ2v) is 5.92. The third-order valence-corrected chi connectivity index (χ3v) is 4.17. The highest BCUT2D eigenvalue weighted by Gasteiger charge is 2.17. The number of rotatable bonds is 8. The summed E-state index contributed by atoms with van der Waals surface area (Å²) in [6, 6.07) is 4.14. The van der Waals surface area contributed by atoms with Crippen molar-refractivity contribution in [2.45, 2.75) is 45.9 Å². The van der Waals surface area contributed by atoms with Crippen LogP contribution < -0.4 is 4.74 Å². The van der Waals surface area contributed by atoms with Crippen LogP contribution in [-0.2, 0) is 0 Å². The Bertz CT molecular complexity index is 396. The largest absolute Gasteiger partial charge is 0.497 e. The summed E-state index contributed by atoms with van der Waals surface area (Å²) >= 11 is 6.68. The molecule has 1 aromatic rings. The topological polar surface area (TPSA) is 12.5 Å². The van der Waals surface area contributed by atoms with Crippen LogP contribution in [0.5, 0.6) is 5.75 Å². The van der Waals surface area contributed by atoms with Gasteiger partial charge in [-0.25, -0.2) is 0 Å². The number of hydrogen-bond acceptors (Lipinski definition) is 2. The molecule has 3 heteroatoms. The van der Waals surface area contributed by atoms with E-state index in [9.17, 15) is 0 Å². The Balaban J connectivity index is 2.83. The Morgan fingerprint density at radius 1 is 1.20 bits per heavy atom. The van der Waals surface area contributed by atoms with E-state index in [2.05, 4.69) is 44.7 Å². The van der Waals surface area contributed by atoms with E-state index in [1.54, 1.807) is 7.11 Å². The lowest BCUT2D eigenvalue weighted by Gasteiger charge is -2.25. The highest BCUT2D eigenvalue weighted by molar-refractivity contribution is 6.21. The van der Waals surface area contributed by atoms with Crippen molar-refractivity contribution in [1.82, 2.24) is 4.90 Å². The normalized spacial score (nSPS) is 12.8. The van der Waals surface area contributed by atoms with Crippen molar-refractivity contribution in [1.29, 1.82) is 0 Å². The lowest BCUT2D eigenvalue weighted by molar-refractivity contribution is 0.283. The summed E-state index contributed by atoms with van der Waals surface area (Å²) < 4.78 is 5.31. The van der Waals surface area contributed by atoms with E-state index in [4.69, 9.17) is 16.3 Å². The molecule has 1 unspecified atom stereocenters. The van der Waals surface area contributed by atoms with Gasteiger partial charge in [0.1, 0.15) is 5.75 Å². The van der Waals surface area contributed by atoms with Crippen molar-refractivity contribution in [3.63, 3.8) is 0 Å². The van der Waals surface area contributed by atoms with Gasteiger partial charge in [-0.05, 0) is 62.2 Å². The lowest BCUT2D eigenvalue weighted by Crippen LogP contribution is -2.28. The van der Waals surface area contributed by atoms with Crippen LogP contribution in [0.3, 0.4) is 0 Å². The highest BCUT2D eigenvalue weighted by atomic mass is 35.5. The van der Waals surface area contributed by atoms with E-state index < -0.39 is 0 Å². The quantitative estimate of drug-likeness (QED) is 0.644. The minimum Gasteiger partial charge on any atom is -0.497 e. The van der Waals surface area contributed by atoms with Gasteiger partial charge in [0.05, 0.1) is 12.5 Å². The second kappa shape index (κ2) is 8.53. The first-order valence-corrected chi connectivity index (χ1v) is 7.98. The van der Waals surface area contributed by atoms with Gasteiger partial charge in [-0.1, -0.05) is 20.3 Å². The van der Waals surface area contributed by atoms with E-state index in [1.807, 2.05) is 0 Å². The third-order valence-electron chi connectivity index (χ3n) is 3.81. The molecule has 0 aromatic heterocycles. The minimum atomic E-state index is 0.0395. The molecule has 1 aromatic carbocycles. The number of halogens is 1. The molecule has 0 saturated carbocycles. The van der Waals surface area contributed by atoms with Crippen LogP contribution in [0.2, 0.25) is 0 Å². The van der Waals surface area contributed by atoms with Crippen LogP contribution in [0.4, 0.5) is 0 Å². The molecule has 0 bridgehead atoms. The molecule has 1 rings (SSSR count). The molecule has 20 heavy (non-hydrogen) atoms.